The first-order chi connectivity index (χ1) is 7.25. The van der Waals surface area contributed by atoms with Crippen molar-refractivity contribution < 1.29 is 4.79 Å². The van der Waals surface area contributed by atoms with Gasteiger partial charge in [0.2, 0.25) is 0 Å². The van der Waals surface area contributed by atoms with Crippen LogP contribution in [-0.4, -0.2) is 20.8 Å². The number of carbonyl (C=O) groups is 1. The highest BCUT2D eigenvalue weighted by molar-refractivity contribution is 9.10. The van der Waals surface area contributed by atoms with Gasteiger partial charge in [0.05, 0.1) is 0 Å². The molecule has 1 amide bonds. The van der Waals surface area contributed by atoms with Gasteiger partial charge in [0, 0.05) is 10.0 Å². The zero-order valence-corrected chi connectivity index (χ0v) is 9.18. The third-order valence-electron chi connectivity index (χ3n) is 1.74. The van der Waals surface area contributed by atoms with E-state index in [4.69, 9.17) is 0 Å². The predicted octanol–water partition coefficient (Wildman–Crippen LogP) is 1.42. The Morgan fingerprint density at radius 2 is 2.07 bits per heavy atom. The van der Waals surface area contributed by atoms with Gasteiger partial charge in [-0.05, 0) is 18.2 Å². The number of amides is 1. The second-order valence-corrected chi connectivity index (χ2v) is 3.74. The van der Waals surface area contributed by atoms with Crippen LogP contribution in [0.3, 0.4) is 0 Å². The fourth-order valence-electron chi connectivity index (χ4n) is 1.07. The van der Waals surface area contributed by atoms with Crippen molar-refractivity contribution in [3.8, 4) is 0 Å². The fraction of sp³-hybridized carbons (Fsp3) is 0. The summed E-state index contributed by atoms with van der Waals surface area (Å²) in [6.45, 7) is 0. The van der Waals surface area contributed by atoms with Gasteiger partial charge < -0.3 is 0 Å². The maximum absolute atomic E-state index is 11.7. The summed E-state index contributed by atoms with van der Waals surface area (Å²) in [5.41, 5.74) is 3.16. The minimum absolute atomic E-state index is 0.212. The highest BCUT2D eigenvalue weighted by Crippen LogP contribution is 2.11. The average Bonchev–Trinajstić information content (AvgIpc) is 2.70. The van der Waals surface area contributed by atoms with Crippen LogP contribution in [0.4, 0.5) is 0 Å². The molecule has 0 aliphatic carbocycles. The number of nitrogens with zero attached hydrogens (tertiary/aromatic N) is 3. The maximum atomic E-state index is 11.7. The van der Waals surface area contributed by atoms with Gasteiger partial charge in [-0.15, -0.1) is 10.2 Å². The number of benzene rings is 1. The Balaban J connectivity index is 2.15. The van der Waals surface area contributed by atoms with Crippen LogP contribution in [-0.2, 0) is 0 Å². The van der Waals surface area contributed by atoms with Crippen molar-refractivity contribution in [3.63, 3.8) is 0 Å². The molecular formula is C9H7BrN4O. The molecule has 2 aromatic rings. The molecule has 0 spiro atoms. The van der Waals surface area contributed by atoms with Gasteiger partial charge in [0.1, 0.15) is 12.7 Å². The molecule has 6 heteroatoms. The largest absolute Gasteiger partial charge is 0.270 e. The van der Waals surface area contributed by atoms with Gasteiger partial charge in [0.25, 0.3) is 5.91 Å². The Bertz CT molecular complexity index is 469. The van der Waals surface area contributed by atoms with Crippen LogP contribution in [0.1, 0.15) is 10.4 Å². The van der Waals surface area contributed by atoms with Gasteiger partial charge in [0.15, 0.2) is 0 Å². The maximum Gasteiger partial charge on any atom is 0.270 e. The Kier molecular flexibility index (Phi) is 2.77. The molecule has 1 aromatic heterocycles. The van der Waals surface area contributed by atoms with E-state index in [1.165, 1.54) is 17.3 Å². The van der Waals surface area contributed by atoms with Crippen LogP contribution < -0.4 is 5.43 Å². The molecule has 5 nitrogen and oxygen atoms in total. The average molecular weight is 267 g/mol. The van der Waals surface area contributed by atoms with Crippen molar-refractivity contribution in [2.24, 2.45) is 0 Å². The van der Waals surface area contributed by atoms with Crippen LogP contribution in [0, 0.1) is 0 Å². The summed E-state index contributed by atoms with van der Waals surface area (Å²) in [4.78, 5) is 11.7. The molecule has 0 radical (unpaired) electrons. The Morgan fingerprint density at radius 3 is 2.73 bits per heavy atom. The summed E-state index contributed by atoms with van der Waals surface area (Å²) in [5, 5.41) is 7.15. The third kappa shape index (κ3) is 2.41. The van der Waals surface area contributed by atoms with Gasteiger partial charge >= 0.3 is 0 Å². The van der Waals surface area contributed by atoms with Crippen molar-refractivity contribution in [2.45, 2.75) is 0 Å². The molecule has 0 aliphatic rings. The van der Waals surface area contributed by atoms with E-state index < -0.39 is 0 Å². The van der Waals surface area contributed by atoms with E-state index in [0.717, 1.165) is 4.47 Å². The molecular weight excluding hydrogens is 260 g/mol. The van der Waals surface area contributed by atoms with Crippen molar-refractivity contribution in [3.05, 3.63) is 47.0 Å². The highest BCUT2D eigenvalue weighted by Gasteiger charge is 2.05. The summed E-state index contributed by atoms with van der Waals surface area (Å²) in [7, 11) is 0. The second kappa shape index (κ2) is 4.22. The molecule has 15 heavy (non-hydrogen) atoms. The highest BCUT2D eigenvalue weighted by atomic mass is 79.9. The molecule has 0 aliphatic heterocycles. The Morgan fingerprint density at radius 1 is 1.33 bits per heavy atom. The first kappa shape index (κ1) is 9.85. The Hall–Kier alpha value is -1.69. The lowest BCUT2D eigenvalue weighted by Crippen LogP contribution is -2.21. The monoisotopic (exact) mass is 266 g/mol. The lowest BCUT2D eigenvalue weighted by atomic mass is 10.2. The van der Waals surface area contributed by atoms with Gasteiger partial charge in [-0.3, -0.25) is 10.2 Å². The summed E-state index contributed by atoms with van der Waals surface area (Å²) in [6, 6.07) is 7.12. The van der Waals surface area contributed by atoms with Gasteiger partial charge in [-0.2, -0.15) is 0 Å². The van der Waals surface area contributed by atoms with Crippen molar-refractivity contribution >= 4 is 21.8 Å². The topological polar surface area (TPSA) is 59.8 Å². The normalized spacial score (nSPS) is 9.93. The molecule has 0 saturated heterocycles. The summed E-state index contributed by atoms with van der Waals surface area (Å²) < 4.78 is 2.25. The van der Waals surface area contributed by atoms with E-state index in [1.54, 1.807) is 18.2 Å². The number of aromatic nitrogens is 3. The number of nitrogens with one attached hydrogen (secondary N) is 1. The van der Waals surface area contributed by atoms with Crippen LogP contribution in [0.25, 0.3) is 0 Å². The van der Waals surface area contributed by atoms with E-state index in [9.17, 15) is 4.79 Å². The van der Waals surface area contributed by atoms with E-state index >= 15 is 0 Å². The van der Waals surface area contributed by atoms with Crippen molar-refractivity contribution in [2.75, 3.05) is 5.43 Å². The third-order valence-corrected chi connectivity index (χ3v) is 2.23. The first-order valence-corrected chi connectivity index (χ1v) is 4.96. The zero-order valence-electron chi connectivity index (χ0n) is 7.59. The molecule has 0 unspecified atom stereocenters. The molecule has 0 atom stereocenters. The van der Waals surface area contributed by atoms with Crippen LogP contribution in [0.5, 0.6) is 0 Å². The molecule has 0 fully saturated rings. The van der Waals surface area contributed by atoms with E-state index in [1.807, 2.05) is 6.07 Å². The smallest absolute Gasteiger partial charge is 0.267 e. The minimum atomic E-state index is -0.212. The summed E-state index contributed by atoms with van der Waals surface area (Å²) >= 11 is 3.30. The summed E-state index contributed by atoms with van der Waals surface area (Å²) in [6.07, 6.45) is 2.83. The number of hydrogen-bond donors (Lipinski definition) is 1. The number of rotatable bonds is 2. The molecule has 2 rings (SSSR count). The van der Waals surface area contributed by atoms with Crippen molar-refractivity contribution in [1.29, 1.82) is 0 Å². The van der Waals surface area contributed by atoms with E-state index in [0.29, 0.717) is 5.56 Å². The molecule has 0 saturated carbocycles. The predicted molar refractivity (Wildman–Crippen MR) is 57.9 cm³/mol. The number of carbonyl (C=O) groups excluding carboxylic acids is 1. The number of hydrogen-bond acceptors (Lipinski definition) is 3. The zero-order chi connectivity index (χ0) is 10.7. The van der Waals surface area contributed by atoms with E-state index in [-0.39, 0.29) is 5.91 Å². The fourth-order valence-corrected chi connectivity index (χ4v) is 1.47. The SMILES string of the molecule is O=C(Nn1cnnc1)c1cccc(Br)c1. The second-order valence-electron chi connectivity index (χ2n) is 2.82. The number of halogens is 1. The molecule has 1 heterocycles. The Labute approximate surface area is 94.2 Å². The summed E-state index contributed by atoms with van der Waals surface area (Å²) in [5.74, 6) is -0.212. The molecule has 0 bridgehead atoms. The minimum Gasteiger partial charge on any atom is -0.267 e. The van der Waals surface area contributed by atoms with Crippen LogP contribution >= 0.6 is 15.9 Å². The first-order valence-electron chi connectivity index (χ1n) is 4.17. The lowest BCUT2D eigenvalue weighted by molar-refractivity contribution is 0.101. The van der Waals surface area contributed by atoms with E-state index in [2.05, 4.69) is 31.6 Å². The molecule has 1 aromatic carbocycles. The van der Waals surface area contributed by atoms with Crippen LogP contribution in [0.15, 0.2) is 41.4 Å². The standard InChI is InChI=1S/C9H7BrN4O/c10-8-3-1-2-7(4-8)9(15)13-14-5-11-12-6-14/h1-6H,(H,13,15). The van der Waals surface area contributed by atoms with Crippen molar-refractivity contribution in [1.82, 2.24) is 14.9 Å². The van der Waals surface area contributed by atoms with Gasteiger partial charge in [-0.25, -0.2) is 4.68 Å². The molecule has 76 valence electrons. The quantitative estimate of drug-likeness (QED) is 0.895. The van der Waals surface area contributed by atoms with Gasteiger partial charge in [-0.1, -0.05) is 22.0 Å². The lowest BCUT2D eigenvalue weighted by Gasteiger charge is -2.04. The van der Waals surface area contributed by atoms with Crippen LogP contribution in [0.2, 0.25) is 0 Å². The molecule has 1 N–H and O–H groups in total.